The first-order valence-corrected chi connectivity index (χ1v) is 7.72. The Kier molecular flexibility index (Phi) is 3.66. The summed E-state index contributed by atoms with van der Waals surface area (Å²) in [6, 6.07) is 7.34. The number of hydrogen-bond acceptors (Lipinski definition) is 4. The maximum absolute atomic E-state index is 5.75. The van der Waals surface area contributed by atoms with Crippen molar-refractivity contribution in [2.45, 2.75) is 25.4 Å². The number of fused-ring (bicyclic) bond motifs is 1. The van der Waals surface area contributed by atoms with Gasteiger partial charge in [-0.3, -0.25) is 0 Å². The molecule has 18 heavy (non-hydrogen) atoms. The van der Waals surface area contributed by atoms with Crippen LogP contribution in [0.25, 0.3) is 0 Å². The van der Waals surface area contributed by atoms with E-state index < -0.39 is 0 Å². The van der Waals surface area contributed by atoms with Crippen molar-refractivity contribution in [1.29, 1.82) is 0 Å². The summed E-state index contributed by atoms with van der Waals surface area (Å²) in [4.78, 5) is 0. The summed E-state index contributed by atoms with van der Waals surface area (Å²) in [5.74, 6) is 4.10. The predicted molar refractivity (Wildman–Crippen MR) is 74.7 cm³/mol. The summed E-state index contributed by atoms with van der Waals surface area (Å²) in [6.07, 6.45) is 0.957. The van der Waals surface area contributed by atoms with Gasteiger partial charge in [-0.25, -0.2) is 0 Å². The van der Waals surface area contributed by atoms with Gasteiger partial charge in [0.15, 0.2) is 11.5 Å². The lowest BCUT2D eigenvalue weighted by Gasteiger charge is -2.29. The third-order valence-electron chi connectivity index (χ3n) is 3.31. The highest BCUT2D eigenvalue weighted by Crippen LogP contribution is 2.34. The number of ether oxygens (including phenoxy) is 2. The van der Waals surface area contributed by atoms with Crippen molar-refractivity contribution in [3.8, 4) is 11.5 Å². The monoisotopic (exact) mass is 265 g/mol. The second-order valence-electron chi connectivity index (χ2n) is 4.91. The summed E-state index contributed by atoms with van der Waals surface area (Å²) in [5, 5.41) is 3.64. The number of rotatable bonds is 1. The molecule has 3 nitrogen and oxygen atoms in total. The highest BCUT2D eigenvalue weighted by Gasteiger charge is 2.21. The molecule has 1 aromatic carbocycles. The number of hydrogen-bond donors (Lipinski definition) is 1. The van der Waals surface area contributed by atoms with Gasteiger partial charge in [0.25, 0.3) is 0 Å². The van der Waals surface area contributed by atoms with Crippen LogP contribution in [0.2, 0.25) is 0 Å². The fourth-order valence-corrected chi connectivity index (χ4v) is 3.50. The van der Waals surface area contributed by atoms with Crippen LogP contribution in [0.3, 0.4) is 0 Å². The lowest BCUT2D eigenvalue weighted by Crippen LogP contribution is -2.37. The van der Waals surface area contributed by atoms with Gasteiger partial charge >= 0.3 is 0 Å². The van der Waals surface area contributed by atoms with Gasteiger partial charge in [-0.05, 0) is 24.6 Å². The molecule has 98 valence electrons. The quantitative estimate of drug-likeness (QED) is 0.845. The molecule has 1 aromatic rings. The van der Waals surface area contributed by atoms with Crippen molar-refractivity contribution in [2.24, 2.45) is 0 Å². The summed E-state index contributed by atoms with van der Waals surface area (Å²) >= 11 is 2.01. The number of thioether (sulfide) groups is 1. The molecule has 2 unspecified atom stereocenters. The molecule has 1 N–H and O–H groups in total. The summed E-state index contributed by atoms with van der Waals surface area (Å²) in [6.45, 7) is 3.74. The van der Waals surface area contributed by atoms with Crippen LogP contribution >= 0.6 is 11.8 Å². The van der Waals surface area contributed by atoms with Crippen molar-refractivity contribution in [3.05, 3.63) is 23.8 Å². The van der Waals surface area contributed by atoms with Crippen LogP contribution in [0.15, 0.2) is 18.2 Å². The van der Waals surface area contributed by atoms with E-state index in [-0.39, 0.29) is 0 Å². The number of benzene rings is 1. The standard InChI is InChI=1S/C14H19NO2S/c1-10-8-18-9-12(15-10)11-3-4-13-14(7-11)17-6-2-5-16-13/h3-4,7,10,12,15H,2,5-6,8-9H2,1H3. The molecular weight excluding hydrogens is 246 g/mol. The zero-order valence-corrected chi connectivity index (χ0v) is 11.5. The molecule has 0 bridgehead atoms. The van der Waals surface area contributed by atoms with Crippen molar-refractivity contribution >= 4 is 11.8 Å². The van der Waals surface area contributed by atoms with E-state index in [0.29, 0.717) is 12.1 Å². The SMILES string of the molecule is CC1CSCC(c2ccc3c(c2)OCCCO3)N1. The van der Waals surface area contributed by atoms with Gasteiger partial charge in [-0.1, -0.05) is 6.07 Å². The maximum Gasteiger partial charge on any atom is 0.161 e. The van der Waals surface area contributed by atoms with E-state index in [1.54, 1.807) is 0 Å². The third-order valence-corrected chi connectivity index (χ3v) is 4.62. The Morgan fingerprint density at radius 1 is 1.17 bits per heavy atom. The lowest BCUT2D eigenvalue weighted by molar-refractivity contribution is 0.297. The van der Waals surface area contributed by atoms with Gasteiger partial charge in [0.2, 0.25) is 0 Å². The molecule has 3 rings (SSSR count). The van der Waals surface area contributed by atoms with E-state index in [2.05, 4.69) is 24.4 Å². The minimum absolute atomic E-state index is 0.427. The minimum atomic E-state index is 0.427. The van der Waals surface area contributed by atoms with Crippen LogP contribution < -0.4 is 14.8 Å². The van der Waals surface area contributed by atoms with Crippen molar-refractivity contribution < 1.29 is 9.47 Å². The smallest absolute Gasteiger partial charge is 0.161 e. The first-order chi connectivity index (χ1) is 8.83. The average molecular weight is 265 g/mol. The zero-order chi connectivity index (χ0) is 12.4. The third kappa shape index (κ3) is 2.59. The Morgan fingerprint density at radius 2 is 2.00 bits per heavy atom. The van der Waals surface area contributed by atoms with Crippen molar-refractivity contribution in [1.82, 2.24) is 5.32 Å². The van der Waals surface area contributed by atoms with Crippen molar-refractivity contribution in [2.75, 3.05) is 24.7 Å². The lowest BCUT2D eigenvalue weighted by atomic mass is 10.1. The molecule has 0 aliphatic carbocycles. The second kappa shape index (κ2) is 5.41. The van der Waals surface area contributed by atoms with Gasteiger partial charge in [0, 0.05) is 30.0 Å². The largest absolute Gasteiger partial charge is 0.490 e. The molecule has 4 heteroatoms. The van der Waals surface area contributed by atoms with E-state index in [4.69, 9.17) is 9.47 Å². The summed E-state index contributed by atoms with van der Waals surface area (Å²) in [7, 11) is 0. The molecule has 0 aromatic heterocycles. The second-order valence-corrected chi connectivity index (χ2v) is 5.99. The van der Waals surface area contributed by atoms with Gasteiger partial charge in [0.1, 0.15) is 0 Å². The highest BCUT2D eigenvalue weighted by molar-refractivity contribution is 7.99. The maximum atomic E-state index is 5.75. The molecule has 0 amide bonds. The van der Waals surface area contributed by atoms with Crippen LogP contribution in [0.1, 0.15) is 24.9 Å². The topological polar surface area (TPSA) is 30.5 Å². The minimum Gasteiger partial charge on any atom is -0.490 e. The molecule has 2 heterocycles. The van der Waals surface area contributed by atoms with Gasteiger partial charge in [-0.2, -0.15) is 11.8 Å². The molecule has 0 spiro atoms. The van der Waals surface area contributed by atoms with Crippen LogP contribution in [0, 0.1) is 0 Å². The van der Waals surface area contributed by atoms with Gasteiger partial charge < -0.3 is 14.8 Å². The van der Waals surface area contributed by atoms with Gasteiger partial charge in [-0.15, -0.1) is 0 Å². The highest BCUT2D eigenvalue weighted by atomic mass is 32.2. The Hall–Kier alpha value is -0.870. The van der Waals surface area contributed by atoms with Crippen molar-refractivity contribution in [3.63, 3.8) is 0 Å². The summed E-state index contributed by atoms with van der Waals surface area (Å²) in [5.41, 5.74) is 1.30. The van der Waals surface area contributed by atoms with E-state index in [1.807, 2.05) is 17.8 Å². The fourth-order valence-electron chi connectivity index (χ4n) is 2.39. The van der Waals surface area contributed by atoms with E-state index in [0.717, 1.165) is 36.9 Å². The predicted octanol–water partition coefficient (Wildman–Crippen LogP) is 2.61. The Labute approximate surface area is 112 Å². The average Bonchev–Trinajstić information content (AvgIpc) is 2.63. The Morgan fingerprint density at radius 3 is 2.83 bits per heavy atom. The molecule has 2 atom stereocenters. The van der Waals surface area contributed by atoms with Crippen LogP contribution in [-0.2, 0) is 0 Å². The first kappa shape index (κ1) is 12.2. The Balaban J connectivity index is 1.82. The van der Waals surface area contributed by atoms with E-state index in [9.17, 15) is 0 Å². The van der Waals surface area contributed by atoms with Crippen LogP contribution in [0.5, 0.6) is 11.5 Å². The molecule has 1 fully saturated rings. The van der Waals surface area contributed by atoms with E-state index >= 15 is 0 Å². The van der Waals surface area contributed by atoms with Gasteiger partial charge in [0.05, 0.1) is 13.2 Å². The van der Waals surface area contributed by atoms with E-state index in [1.165, 1.54) is 11.3 Å². The van der Waals surface area contributed by atoms with Crippen LogP contribution in [0.4, 0.5) is 0 Å². The summed E-state index contributed by atoms with van der Waals surface area (Å²) < 4.78 is 11.4. The zero-order valence-electron chi connectivity index (χ0n) is 10.6. The fraction of sp³-hybridized carbons (Fsp3) is 0.571. The molecular formula is C14H19NO2S. The Bertz CT molecular complexity index is 424. The first-order valence-electron chi connectivity index (χ1n) is 6.56. The molecule has 0 radical (unpaired) electrons. The number of nitrogens with one attached hydrogen (secondary N) is 1. The molecule has 2 aliphatic rings. The molecule has 1 saturated heterocycles. The molecule has 0 saturated carbocycles. The van der Waals surface area contributed by atoms with Crippen LogP contribution in [-0.4, -0.2) is 30.8 Å². The molecule has 2 aliphatic heterocycles. The normalized spacial score (nSPS) is 27.6.